The van der Waals surface area contributed by atoms with Gasteiger partial charge in [-0.1, -0.05) is 20.3 Å². The number of nitrogens with one attached hydrogen (secondary N) is 1. The van der Waals surface area contributed by atoms with Gasteiger partial charge in [0.25, 0.3) is 5.91 Å². The SMILES string of the molecule is CC1(C)CCCC(NC(=O)c2ccnc(-n3ccnc3)c2)C1. The summed E-state index contributed by atoms with van der Waals surface area (Å²) in [5.41, 5.74) is 0.957. The summed E-state index contributed by atoms with van der Waals surface area (Å²) in [6.45, 7) is 4.55. The number of carbonyl (C=O) groups excluding carboxylic acids is 1. The minimum atomic E-state index is -0.0218. The zero-order valence-corrected chi connectivity index (χ0v) is 13.1. The van der Waals surface area contributed by atoms with Gasteiger partial charge >= 0.3 is 0 Å². The third-order valence-corrected chi connectivity index (χ3v) is 4.32. The van der Waals surface area contributed by atoms with Gasteiger partial charge in [0.15, 0.2) is 0 Å². The van der Waals surface area contributed by atoms with E-state index in [2.05, 4.69) is 29.1 Å². The number of hydrogen-bond acceptors (Lipinski definition) is 3. The first-order valence-electron chi connectivity index (χ1n) is 7.79. The van der Waals surface area contributed by atoms with Gasteiger partial charge in [0, 0.05) is 30.2 Å². The molecule has 1 amide bonds. The summed E-state index contributed by atoms with van der Waals surface area (Å²) in [6.07, 6.45) is 11.4. The molecule has 2 aromatic heterocycles. The molecule has 116 valence electrons. The average Bonchev–Trinajstić information content (AvgIpc) is 3.00. The van der Waals surface area contributed by atoms with E-state index in [4.69, 9.17) is 0 Å². The van der Waals surface area contributed by atoms with Gasteiger partial charge in [-0.05, 0) is 36.8 Å². The summed E-state index contributed by atoms with van der Waals surface area (Å²) in [5, 5.41) is 3.17. The van der Waals surface area contributed by atoms with Crippen LogP contribution in [0.3, 0.4) is 0 Å². The van der Waals surface area contributed by atoms with Crippen LogP contribution in [0.15, 0.2) is 37.1 Å². The van der Waals surface area contributed by atoms with Crippen LogP contribution in [-0.2, 0) is 0 Å². The molecule has 1 fully saturated rings. The molecule has 1 aliphatic carbocycles. The maximum Gasteiger partial charge on any atom is 0.251 e. The van der Waals surface area contributed by atoms with E-state index in [0.717, 1.165) is 12.8 Å². The van der Waals surface area contributed by atoms with E-state index in [1.807, 2.05) is 6.20 Å². The van der Waals surface area contributed by atoms with E-state index in [1.165, 1.54) is 12.8 Å². The zero-order chi connectivity index (χ0) is 15.6. The van der Waals surface area contributed by atoms with Crippen molar-refractivity contribution in [2.75, 3.05) is 0 Å². The van der Waals surface area contributed by atoms with Crippen molar-refractivity contribution in [3.63, 3.8) is 0 Å². The molecular weight excluding hydrogens is 276 g/mol. The van der Waals surface area contributed by atoms with Crippen LogP contribution in [0.2, 0.25) is 0 Å². The van der Waals surface area contributed by atoms with Crippen molar-refractivity contribution in [3.05, 3.63) is 42.6 Å². The maximum atomic E-state index is 12.5. The third kappa shape index (κ3) is 3.35. The molecule has 5 nitrogen and oxygen atoms in total. The van der Waals surface area contributed by atoms with Crippen LogP contribution in [0.25, 0.3) is 5.82 Å². The van der Waals surface area contributed by atoms with Crippen molar-refractivity contribution in [1.29, 1.82) is 0 Å². The van der Waals surface area contributed by atoms with Gasteiger partial charge < -0.3 is 5.32 Å². The number of imidazole rings is 1. The molecule has 1 unspecified atom stereocenters. The molecule has 2 aromatic rings. The Kier molecular flexibility index (Phi) is 3.96. The fourth-order valence-corrected chi connectivity index (χ4v) is 3.19. The number of hydrogen-bond donors (Lipinski definition) is 1. The highest BCUT2D eigenvalue weighted by Crippen LogP contribution is 2.35. The molecule has 1 N–H and O–H groups in total. The van der Waals surface area contributed by atoms with Crippen LogP contribution in [0.5, 0.6) is 0 Å². The molecule has 0 radical (unpaired) electrons. The minimum absolute atomic E-state index is 0.0218. The number of pyridine rings is 1. The average molecular weight is 298 g/mol. The van der Waals surface area contributed by atoms with Crippen LogP contribution in [0, 0.1) is 5.41 Å². The Hall–Kier alpha value is -2.17. The van der Waals surface area contributed by atoms with E-state index in [9.17, 15) is 4.79 Å². The molecular formula is C17H22N4O. The summed E-state index contributed by atoms with van der Waals surface area (Å²) in [5.74, 6) is 0.681. The molecule has 1 atom stereocenters. The number of nitrogens with zero attached hydrogens (tertiary/aromatic N) is 3. The molecule has 0 bridgehead atoms. The van der Waals surface area contributed by atoms with Gasteiger partial charge in [-0.2, -0.15) is 0 Å². The largest absolute Gasteiger partial charge is 0.349 e. The van der Waals surface area contributed by atoms with Gasteiger partial charge in [0.2, 0.25) is 0 Å². The Morgan fingerprint density at radius 3 is 3.00 bits per heavy atom. The summed E-state index contributed by atoms with van der Waals surface area (Å²) in [7, 11) is 0. The Bertz CT molecular complexity index is 648. The molecule has 0 aromatic carbocycles. The van der Waals surface area contributed by atoms with Gasteiger partial charge in [0.1, 0.15) is 12.1 Å². The van der Waals surface area contributed by atoms with E-state index in [0.29, 0.717) is 16.8 Å². The van der Waals surface area contributed by atoms with Crippen LogP contribution in [0.4, 0.5) is 0 Å². The lowest BCUT2D eigenvalue weighted by molar-refractivity contribution is 0.0902. The molecule has 5 heteroatoms. The number of carbonyl (C=O) groups is 1. The van der Waals surface area contributed by atoms with E-state index < -0.39 is 0 Å². The summed E-state index contributed by atoms with van der Waals surface area (Å²) in [4.78, 5) is 20.8. The predicted octanol–water partition coefficient (Wildman–Crippen LogP) is 2.97. The second kappa shape index (κ2) is 5.91. The fraction of sp³-hybridized carbons (Fsp3) is 0.471. The van der Waals surface area contributed by atoms with Gasteiger partial charge in [-0.3, -0.25) is 9.36 Å². The maximum absolute atomic E-state index is 12.5. The Balaban J connectivity index is 1.71. The highest BCUT2D eigenvalue weighted by Gasteiger charge is 2.28. The summed E-state index contributed by atoms with van der Waals surface area (Å²) < 4.78 is 1.79. The normalized spacial score (nSPS) is 20.5. The van der Waals surface area contributed by atoms with Crippen molar-refractivity contribution >= 4 is 5.91 Å². The zero-order valence-electron chi connectivity index (χ0n) is 13.1. The second-order valence-corrected chi connectivity index (χ2v) is 6.80. The minimum Gasteiger partial charge on any atom is -0.349 e. The summed E-state index contributed by atoms with van der Waals surface area (Å²) >= 11 is 0. The highest BCUT2D eigenvalue weighted by molar-refractivity contribution is 5.94. The highest BCUT2D eigenvalue weighted by atomic mass is 16.1. The monoisotopic (exact) mass is 298 g/mol. The molecule has 3 rings (SSSR count). The molecule has 1 aliphatic rings. The third-order valence-electron chi connectivity index (χ3n) is 4.32. The molecule has 2 heterocycles. The molecule has 22 heavy (non-hydrogen) atoms. The van der Waals surface area contributed by atoms with Crippen molar-refractivity contribution in [2.24, 2.45) is 5.41 Å². The van der Waals surface area contributed by atoms with Gasteiger partial charge in [-0.15, -0.1) is 0 Å². The van der Waals surface area contributed by atoms with Crippen LogP contribution in [0.1, 0.15) is 49.9 Å². The lowest BCUT2D eigenvalue weighted by atomic mass is 9.75. The number of aromatic nitrogens is 3. The van der Waals surface area contributed by atoms with Gasteiger partial charge in [0.05, 0.1) is 0 Å². The van der Waals surface area contributed by atoms with Crippen LogP contribution < -0.4 is 5.32 Å². The summed E-state index contributed by atoms with van der Waals surface area (Å²) in [6, 6.07) is 3.82. The molecule has 0 saturated heterocycles. The van der Waals surface area contributed by atoms with Crippen LogP contribution in [-0.4, -0.2) is 26.5 Å². The number of amides is 1. The van der Waals surface area contributed by atoms with Crippen molar-refractivity contribution in [3.8, 4) is 5.82 Å². The second-order valence-electron chi connectivity index (χ2n) is 6.80. The first-order chi connectivity index (χ1) is 10.5. The lowest BCUT2D eigenvalue weighted by Gasteiger charge is -2.35. The quantitative estimate of drug-likeness (QED) is 0.947. The molecule has 1 saturated carbocycles. The van der Waals surface area contributed by atoms with Crippen molar-refractivity contribution in [1.82, 2.24) is 19.9 Å². The van der Waals surface area contributed by atoms with E-state index in [-0.39, 0.29) is 11.9 Å². The van der Waals surface area contributed by atoms with E-state index >= 15 is 0 Å². The topological polar surface area (TPSA) is 59.8 Å². The fourth-order valence-electron chi connectivity index (χ4n) is 3.19. The lowest BCUT2D eigenvalue weighted by Crippen LogP contribution is -2.40. The molecule has 0 aliphatic heterocycles. The van der Waals surface area contributed by atoms with Crippen LogP contribution >= 0.6 is 0 Å². The van der Waals surface area contributed by atoms with Crippen molar-refractivity contribution < 1.29 is 4.79 Å². The predicted molar refractivity (Wildman–Crippen MR) is 84.9 cm³/mol. The molecule has 0 spiro atoms. The standard InChI is InChI=1S/C17H22N4O/c1-17(2)6-3-4-14(11-17)20-16(22)13-5-7-19-15(10-13)21-9-8-18-12-21/h5,7-10,12,14H,3-4,6,11H2,1-2H3,(H,20,22). The smallest absolute Gasteiger partial charge is 0.251 e. The first kappa shape index (κ1) is 14.8. The number of rotatable bonds is 3. The Labute approximate surface area is 130 Å². The van der Waals surface area contributed by atoms with E-state index in [1.54, 1.807) is 35.4 Å². The Morgan fingerprint density at radius 1 is 1.41 bits per heavy atom. The van der Waals surface area contributed by atoms with Gasteiger partial charge in [-0.25, -0.2) is 9.97 Å². The van der Waals surface area contributed by atoms with Crippen molar-refractivity contribution in [2.45, 2.75) is 45.6 Å². The Morgan fingerprint density at radius 2 is 2.27 bits per heavy atom. The first-order valence-corrected chi connectivity index (χ1v) is 7.79.